The molecular weight excluding hydrogens is 260 g/mol. The first-order valence-electron chi connectivity index (χ1n) is 8.45. The van der Waals surface area contributed by atoms with Crippen LogP contribution >= 0.6 is 0 Å². The second kappa shape index (κ2) is 4.10. The average Bonchev–Trinajstić information content (AvgIpc) is 2.44. The van der Waals surface area contributed by atoms with Crippen molar-refractivity contribution in [2.45, 2.75) is 52.6 Å². The summed E-state index contributed by atoms with van der Waals surface area (Å²) in [5.41, 5.74) is 1.48. The maximum absolute atomic E-state index is 12.6. The molecule has 2 nitrogen and oxygen atoms in total. The zero-order chi connectivity index (χ0) is 15.0. The number of carbonyl (C=O) groups is 1. The molecule has 0 aromatic heterocycles. The summed E-state index contributed by atoms with van der Waals surface area (Å²) in [6.45, 7) is 6.77. The van der Waals surface area contributed by atoms with Gasteiger partial charge < -0.3 is 5.11 Å². The van der Waals surface area contributed by atoms with Crippen LogP contribution in [-0.2, 0) is 4.79 Å². The number of ketones is 1. The third kappa shape index (κ3) is 1.66. The van der Waals surface area contributed by atoms with Crippen LogP contribution in [-0.4, -0.2) is 17.0 Å². The summed E-state index contributed by atoms with van der Waals surface area (Å²) >= 11 is 0. The van der Waals surface area contributed by atoms with Gasteiger partial charge in [-0.15, -0.1) is 0 Å². The SMILES string of the molecule is CC1(C)C2C=C(CCC3(C)C4C=CC(O)C3C4)C(=O)C1C2. The average molecular weight is 286 g/mol. The highest BCUT2D eigenvalue weighted by Crippen LogP contribution is 2.61. The standard InChI is InChI=1S/C19H26O2/c1-18(2)13-8-11(17(21)15(18)10-13)6-7-19(3)12-4-5-16(20)14(19)9-12/h4-5,8,12-16,20H,6-7,9-10H2,1-3H3. The summed E-state index contributed by atoms with van der Waals surface area (Å²) in [5.74, 6) is 2.29. The van der Waals surface area contributed by atoms with E-state index in [0.29, 0.717) is 23.5 Å². The Morgan fingerprint density at radius 2 is 1.95 bits per heavy atom. The Kier molecular flexibility index (Phi) is 2.68. The Balaban J connectivity index is 1.47. The van der Waals surface area contributed by atoms with Crippen LogP contribution in [0, 0.1) is 34.5 Å². The molecule has 5 aliphatic rings. The highest BCUT2D eigenvalue weighted by atomic mass is 16.3. The molecule has 2 saturated carbocycles. The van der Waals surface area contributed by atoms with Crippen molar-refractivity contribution in [2.24, 2.45) is 34.5 Å². The lowest BCUT2D eigenvalue weighted by Gasteiger charge is -2.58. The molecule has 2 fully saturated rings. The van der Waals surface area contributed by atoms with Crippen molar-refractivity contribution in [1.82, 2.24) is 0 Å². The minimum Gasteiger partial charge on any atom is -0.389 e. The lowest BCUT2D eigenvalue weighted by atomic mass is 9.46. The number of Topliss-reactive ketones (excluding diaryl/α,β-unsaturated/α-hetero) is 1. The zero-order valence-electron chi connectivity index (χ0n) is 13.3. The summed E-state index contributed by atoms with van der Waals surface area (Å²) in [6, 6.07) is 0. The molecule has 1 N–H and O–H groups in total. The number of aliphatic hydroxyl groups excluding tert-OH is 1. The van der Waals surface area contributed by atoms with E-state index in [0.717, 1.165) is 31.3 Å². The number of rotatable bonds is 3. The molecule has 0 aromatic carbocycles. The number of carbonyl (C=O) groups excluding carboxylic acids is 1. The van der Waals surface area contributed by atoms with Gasteiger partial charge in [-0.05, 0) is 59.8 Å². The van der Waals surface area contributed by atoms with Crippen LogP contribution < -0.4 is 0 Å². The lowest BCUT2D eigenvalue weighted by Crippen LogP contribution is -2.54. The van der Waals surface area contributed by atoms with Gasteiger partial charge in [0.05, 0.1) is 6.10 Å². The third-order valence-corrected chi connectivity index (χ3v) is 7.47. The molecule has 0 spiro atoms. The van der Waals surface area contributed by atoms with E-state index in [9.17, 15) is 9.90 Å². The highest BCUT2D eigenvalue weighted by Gasteiger charge is 2.56. The Hall–Kier alpha value is -0.890. The molecule has 0 amide bonds. The summed E-state index contributed by atoms with van der Waals surface area (Å²) in [7, 11) is 0. The van der Waals surface area contributed by atoms with Crippen LogP contribution in [0.1, 0.15) is 46.5 Å². The summed E-state index contributed by atoms with van der Waals surface area (Å²) in [5, 5.41) is 10.1. The van der Waals surface area contributed by atoms with Gasteiger partial charge in [-0.2, -0.15) is 0 Å². The van der Waals surface area contributed by atoms with Crippen LogP contribution in [0.2, 0.25) is 0 Å². The van der Waals surface area contributed by atoms with Gasteiger partial charge in [-0.25, -0.2) is 0 Å². The largest absolute Gasteiger partial charge is 0.389 e. The fourth-order valence-corrected chi connectivity index (χ4v) is 5.35. The van der Waals surface area contributed by atoms with Crippen LogP contribution in [0.25, 0.3) is 0 Å². The predicted octanol–water partition coefficient (Wildman–Crippen LogP) is 3.51. The first kappa shape index (κ1) is 13.8. The van der Waals surface area contributed by atoms with Crippen LogP contribution in [0.15, 0.2) is 23.8 Å². The third-order valence-electron chi connectivity index (χ3n) is 7.47. The summed E-state index contributed by atoms with van der Waals surface area (Å²) < 4.78 is 0. The van der Waals surface area contributed by atoms with Crippen molar-refractivity contribution < 1.29 is 9.90 Å². The van der Waals surface area contributed by atoms with Crippen molar-refractivity contribution in [3.8, 4) is 0 Å². The Morgan fingerprint density at radius 1 is 1.19 bits per heavy atom. The van der Waals surface area contributed by atoms with Crippen molar-refractivity contribution in [1.29, 1.82) is 0 Å². The molecule has 114 valence electrons. The molecule has 2 heteroatoms. The number of aliphatic hydroxyl groups is 1. The minimum absolute atomic E-state index is 0.191. The first-order valence-corrected chi connectivity index (χ1v) is 8.45. The van der Waals surface area contributed by atoms with E-state index < -0.39 is 0 Å². The van der Waals surface area contributed by atoms with E-state index >= 15 is 0 Å². The fraction of sp³-hybridized carbons (Fsp3) is 0.737. The molecule has 6 unspecified atom stereocenters. The van der Waals surface area contributed by atoms with Crippen molar-refractivity contribution in [2.75, 3.05) is 0 Å². The molecule has 0 aliphatic heterocycles. The van der Waals surface area contributed by atoms with Gasteiger partial charge in [-0.1, -0.05) is 39.0 Å². The van der Waals surface area contributed by atoms with Crippen molar-refractivity contribution in [3.63, 3.8) is 0 Å². The molecule has 21 heavy (non-hydrogen) atoms. The molecule has 0 radical (unpaired) electrons. The summed E-state index contributed by atoms with van der Waals surface area (Å²) in [6.07, 6.45) is 10.3. The van der Waals surface area contributed by atoms with E-state index in [1.165, 1.54) is 0 Å². The van der Waals surface area contributed by atoms with Crippen molar-refractivity contribution in [3.05, 3.63) is 23.8 Å². The molecule has 0 saturated heterocycles. The topological polar surface area (TPSA) is 37.3 Å². The van der Waals surface area contributed by atoms with Crippen LogP contribution in [0.5, 0.6) is 0 Å². The second-order valence-electron chi connectivity index (χ2n) is 8.60. The van der Waals surface area contributed by atoms with Gasteiger partial charge in [0.25, 0.3) is 0 Å². The smallest absolute Gasteiger partial charge is 0.162 e. The zero-order valence-corrected chi connectivity index (χ0v) is 13.3. The van der Waals surface area contributed by atoms with Gasteiger partial charge in [0.15, 0.2) is 5.78 Å². The fourth-order valence-electron chi connectivity index (χ4n) is 5.35. The molecule has 4 bridgehead atoms. The number of hydrogen-bond donors (Lipinski definition) is 1. The van der Waals surface area contributed by atoms with Gasteiger partial charge in [-0.3, -0.25) is 4.79 Å². The monoisotopic (exact) mass is 286 g/mol. The Bertz CT molecular complexity index is 556. The van der Waals surface area contributed by atoms with E-state index in [-0.39, 0.29) is 22.9 Å². The number of hydrogen-bond acceptors (Lipinski definition) is 2. The van der Waals surface area contributed by atoms with Crippen molar-refractivity contribution >= 4 is 5.78 Å². The Labute approximate surface area is 127 Å². The first-order chi connectivity index (χ1) is 9.84. The molecular formula is C19H26O2. The quantitative estimate of drug-likeness (QED) is 0.806. The predicted molar refractivity (Wildman–Crippen MR) is 82.6 cm³/mol. The maximum Gasteiger partial charge on any atom is 0.162 e. The summed E-state index contributed by atoms with van der Waals surface area (Å²) in [4.78, 5) is 12.6. The lowest BCUT2D eigenvalue weighted by molar-refractivity contribution is -0.135. The van der Waals surface area contributed by atoms with Gasteiger partial charge in [0.2, 0.25) is 0 Å². The number of allylic oxidation sites excluding steroid dienone is 3. The molecule has 5 aliphatic carbocycles. The van der Waals surface area contributed by atoms with Gasteiger partial charge in [0.1, 0.15) is 0 Å². The van der Waals surface area contributed by atoms with E-state index in [1.54, 1.807) is 0 Å². The van der Waals surface area contributed by atoms with Gasteiger partial charge in [0, 0.05) is 5.92 Å². The van der Waals surface area contributed by atoms with Gasteiger partial charge >= 0.3 is 0 Å². The highest BCUT2D eigenvalue weighted by molar-refractivity contribution is 6.00. The molecule has 0 aromatic rings. The number of fused-ring (bicyclic) bond motifs is 3. The second-order valence-corrected chi connectivity index (χ2v) is 8.60. The normalized spacial score (nSPS) is 49.2. The van der Waals surface area contributed by atoms with Crippen LogP contribution in [0.4, 0.5) is 0 Å². The molecule has 0 heterocycles. The molecule has 6 atom stereocenters. The Morgan fingerprint density at radius 3 is 2.52 bits per heavy atom. The van der Waals surface area contributed by atoms with E-state index in [1.807, 2.05) is 6.08 Å². The van der Waals surface area contributed by atoms with Crippen LogP contribution in [0.3, 0.4) is 0 Å². The molecule has 5 rings (SSSR count). The van der Waals surface area contributed by atoms with E-state index in [2.05, 4.69) is 32.9 Å². The van der Waals surface area contributed by atoms with E-state index in [4.69, 9.17) is 0 Å². The minimum atomic E-state index is -0.275. The maximum atomic E-state index is 12.6.